The van der Waals surface area contributed by atoms with Gasteiger partial charge in [-0.25, -0.2) is 4.79 Å². The minimum atomic E-state index is -1.06. The fraction of sp³-hybridized carbons (Fsp3) is 0.133. The highest BCUT2D eigenvalue weighted by Crippen LogP contribution is 2.40. The van der Waals surface area contributed by atoms with Crippen LogP contribution >= 0.6 is 11.7 Å². The van der Waals surface area contributed by atoms with Gasteiger partial charge in [-0.1, -0.05) is 12.1 Å². The van der Waals surface area contributed by atoms with E-state index >= 15 is 0 Å². The fourth-order valence-corrected chi connectivity index (χ4v) is 2.69. The summed E-state index contributed by atoms with van der Waals surface area (Å²) in [6.45, 7) is -0.456. The lowest BCUT2D eigenvalue weighted by Gasteiger charge is -2.14. The Morgan fingerprint density at radius 3 is 3.00 bits per heavy atom. The topological polar surface area (TPSA) is 81.5 Å². The van der Waals surface area contributed by atoms with E-state index < -0.39 is 12.6 Å². The van der Waals surface area contributed by atoms with Crippen molar-refractivity contribution in [3.05, 3.63) is 36.4 Å². The number of methoxy groups -OCH3 is 1. The molecule has 7 heteroatoms. The Bertz CT molecular complexity index is 831. The number of rotatable bonds is 5. The molecule has 1 N–H and O–H groups in total. The van der Waals surface area contributed by atoms with Crippen LogP contribution in [0.15, 0.2) is 30.3 Å². The number of ether oxygens (including phenoxy) is 2. The van der Waals surface area contributed by atoms with Gasteiger partial charge in [-0.3, -0.25) is 0 Å². The van der Waals surface area contributed by atoms with Crippen molar-refractivity contribution in [2.24, 2.45) is 0 Å². The normalized spacial score (nSPS) is 10.6. The molecule has 0 aliphatic rings. The fourth-order valence-electron chi connectivity index (χ4n) is 2.14. The predicted octanol–water partition coefficient (Wildman–Crippen LogP) is 2.63. The summed E-state index contributed by atoms with van der Waals surface area (Å²) in [6, 6.07) is 11.9. The van der Waals surface area contributed by atoms with Crippen molar-refractivity contribution in [2.75, 3.05) is 13.7 Å². The number of benzene rings is 2. The van der Waals surface area contributed by atoms with Gasteiger partial charge in [0.15, 0.2) is 6.61 Å². The first kappa shape index (κ1) is 14.3. The molecular weight excluding hydrogens is 304 g/mol. The van der Waals surface area contributed by atoms with Crippen LogP contribution in [0.2, 0.25) is 0 Å². The molecule has 0 atom stereocenters. The smallest absolute Gasteiger partial charge is 0.341 e. The highest BCUT2D eigenvalue weighted by atomic mass is 32.1. The van der Waals surface area contributed by atoms with Crippen LogP contribution in [0.1, 0.15) is 0 Å². The molecule has 1 aromatic heterocycles. The second kappa shape index (κ2) is 5.98. The molecule has 0 saturated carbocycles. The van der Waals surface area contributed by atoms with Crippen molar-refractivity contribution >= 4 is 28.7 Å². The first-order valence-electron chi connectivity index (χ1n) is 6.35. The lowest BCUT2D eigenvalue weighted by molar-refractivity contribution is -0.139. The maximum Gasteiger partial charge on any atom is 0.341 e. The average Bonchev–Trinajstić information content (AvgIpc) is 3.01. The maximum atomic E-state index is 10.8. The monoisotopic (exact) mass is 315 g/mol. The number of aromatic nitrogens is 2. The van der Waals surface area contributed by atoms with Crippen LogP contribution in [0.3, 0.4) is 0 Å². The summed E-state index contributed by atoms with van der Waals surface area (Å²) in [6.07, 6.45) is 0. The summed E-state index contributed by atoms with van der Waals surface area (Å²) in [5, 5.41) is 8.81. The number of nitrogens with zero attached hydrogens (tertiary/aromatic N) is 2. The van der Waals surface area contributed by atoms with Gasteiger partial charge in [0.1, 0.15) is 22.5 Å². The molecule has 0 fully saturated rings. The third-order valence-corrected chi connectivity index (χ3v) is 3.58. The highest BCUT2D eigenvalue weighted by Gasteiger charge is 2.18. The van der Waals surface area contributed by atoms with Crippen molar-refractivity contribution in [3.8, 4) is 22.6 Å². The molecule has 0 bridgehead atoms. The Balaban J connectivity index is 2.19. The number of hydrogen-bond donors (Lipinski definition) is 1. The molecule has 0 aliphatic carbocycles. The zero-order valence-electron chi connectivity index (χ0n) is 11.6. The van der Waals surface area contributed by atoms with Crippen molar-refractivity contribution < 1.29 is 19.4 Å². The van der Waals surface area contributed by atoms with E-state index in [1.807, 2.05) is 18.2 Å². The Hall–Kier alpha value is -2.67. The summed E-state index contributed by atoms with van der Waals surface area (Å²) in [5.74, 6) is -0.197. The molecule has 0 aliphatic heterocycles. The van der Waals surface area contributed by atoms with Crippen LogP contribution in [0, 0.1) is 6.07 Å². The first-order chi connectivity index (χ1) is 10.7. The van der Waals surface area contributed by atoms with Crippen molar-refractivity contribution in [1.82, 2.24) is 8.75 Å². The van der Waals surface area contributed by atoms with Crippen LogP contribution in [0.25, 0.3) is 22.2 Å². The van der Waals surface area contributed by atoms with Crippen LogP contribution in [0.5, 0.6) is 11.5 Å². The molecule has 111 valence electrons. The third kappa shape index (κ3) is 2.58. The second-order valence-electron chi connectivity index (χ2n) is 4.37. The minimum Gasteiger partial charge on any atom is -0.496 e. The molecule has 3 aromatic rings. The Labute approximate surface area is 130 Å². The predicted molar refractivity (Wildman–Crippen MR) is 81.4 cm³/mol. The molecule has 0 unspecified atom stereocenters. The zero-order chi connectivity index (χ0) is 15.5. The summed E-state index contributed by atoms with van der Waals surface area (Å²) in [5.41, 5.74) is 2.85. The van der Waals surface area contributed by atoms with Gasteiger partial charge in [-0.05, 0) is 18.2 Å². The van der Waals surface area contributed by atoms with Crippen molar-refractivity contribution in [3.63, 3.8) is 0 Å². The van der Waals surface area contributed by atoms with Crippen LogP contribution < -0.4 is 9.47 Å². The Morgan fingerprint density at radius 1 is 1.36 bits per heavy atom. The van der Waals surface area contributed by atoms with Gasteiger partial charge >= 0.3 is 5.97 Å². The molecule has 22 heavy (non-hydrogen) atoms. The van der Waals surface area contributed by atoms with Crippen LogP contribution in [-0.2, 0) is 4.79 Å². The van der Waals surface area contributed by atoms with Crippen molar-refractivity contribution in [1.29, 1.82) is 0 Å². The largest absolute Gasteiger partial charge is 0.496 e. The number of carboxylic acid groups (broad SMARTS) is 1. The van der Waals surface area contributed by atoms with E-state index in [4.69, 9.17) is 14.6 Å². The van der Waals surface area contributed by atoms with E-state index in [0.29, 0.717) is 22.6 Å². The number of aliphatic carboxylic acids is 1. The second-order valence-corrected chi connectivity index (χ2v) is 4.90. The molecule has 3 rings (SSSR count). The molecule has 0 spiro atoms. The molecule has 1 radical (unpaired) electrons. The molecule has 0 saturated heterocycles. The lowest BCUT2D eigenvalue weighted by atomic mass is 10.0. The van der Waals surface area contributed by atoms with Gasteiger partial charge in [0, 0.05) is 11.6 Å². The lowest BCUT2D eigenvalue weighted by Crippen LogP contribution is -2.10. The van der Waals surface area contributed by atoms with E-state index in [1.165, 1.54) is 0 Å². The molecule has 2 aromatic carbocycles. The quantitative estimate of drug-likeness (QED) is 0.779. The molecule has 0 amide bonds. The van der Waals surface area contributed by atoms with E-state index in [9.17, 15) is 4.79 Å². The Kier molecular flexibility index (Phi) is 3.88. The van der Waals surface area contributed by atoms with Gasteiger partial charge in [-0.2, -0.15) is 8.75 Å². The number of hydrogen-bond acceptors (Lipinski definition) is 6. The zero-order valence-corrected chi connectivity index (χ0v) is 12.4. The van der Waals surface area contributed by atoms with Crippen LogP contribution in [0.4, 0.5) is 0 Å². The van der Waals surface area contributed by atoms with Crippen molar-refractivity contribution in [2.45, 2.75) is 0 Å². The van der Waals surface area contributed by atoms with Gasteiger partial charge in [0.2, 0.25) is 0 Å². The summed E-state index contributed by atoms with van der Waals surface area (Å²) in [4.78, 5) is 10.8. The number of fused-ring (bicyclic) bond motifs is 1. The first-order valence-corrected chi connectivity index (χ1v) is 7.08. The van der Waals surface area contributed by atoms with Gasteiger partial charge in [0.25, 0.3) is 0 Å². The minimum absolute atomic E-state index is 0.308. The molecular formula is C15H11N2O4S. The third-order valence-electron chi connectivity index (χ3n) is 3.04. The molecule has 1 heterocycles. The summed E-state index contributed by atoms with van der Waals surface area (Å²) < 4.78 is 19.2. The van der Waals surface area contributed by atoms with Crippen LogP contribution in [-0.4, -0.2) is 33.5 Å². The van der Waals surface area contributed by atoms with E-state index in [0.717, 1.165) is 22.8 Å². The van der Waals surface area contributed by atoms with Gasteiger partial charge in [-0.15, -0.1) is 0 Å². The summed E-state index contributed by atoms with van der Waals surface area (Å²) in [7, 11) is 1.54. The maximum absolute atomic E-state index is 10.8. The van der Waals surface area contributed by atoms with Gasteiger partial charge in [0.05, 0.1) is 24.4 Å². The number of carboxylic acids is 1. The Morgan fingerprint density at radius 2 is 2.23 bits per heavy atom. The molecule has 6 nitrogen and oxygen atoms in total. The highest BCUT2D eigenvalue weighted by molar-refractivity contribution is 7.00. The van der Waals surface area contributed by atoms with E-state index in [-0.39, 0.29) is 0 Å². The summed E-state index contributed by atoms with van der Waals surface area (Å²) >= 11 is 1.11. The standard InChI is InChI=1S/C15H11N2O4S/c1-20-11-6-3-7-12(21-8-13(18)19)14(11)9-4-2-5-10-15(9)17-22-16-10/h2-6H,8H2,1H3,(H,18,19). The van der Waals surface area contributed by atoms with Gasteiger partial charge < -0.3 is 14.6 Å². The van der Waals surface area contributed by atoms with E-state index in [1.54, 1.807) is 19.2 Å². The average molecular weight is 315 g/mol. The SMILES string of the molecule is COc1cc[c]c(OCC(=O)O)c1-c1cccc2nsnc12. The van der Waals surface area contributed by atoms with E-state index in [2.05, 4.69) is 14.8 Å². The number of carbonyl (C=O) groups is 1.